The quantitative estimate of drug-likeness (QED) is 0.428. The van der Waals surface area contributed by atoms with Gasteiger partial charge in [-0.3, -0.25) is 0 Å². The summed E-state index contributed by atoms with van der Waals surface area (Å²) in [5, 5.41) is 11.6. The van der Waals surface area contributed by atoms with E-state index in [2.05, 4.69) is 17.3 Å². The van der Waals surface area contributed by atoms with Crippen LogP contribution in [0.1, 0.15) is 25.3 Å². The summed E-state index contributed by atoms with van der Waals surface area (Å²) in [5.41, 5.74) is 2.14. The molecule has 0 saturated carbocycles. The van der Waals surface area contributed by atoms with Crippen LogP contribution in [-0.4, -0.2) is 10.9 Å². The number of nitrogens with zero attached hydrogens (tertiary/aromatic N) is 1. The van der Waals surface area contributed by atoms with E-state index in [1.165, 1.54) is 5.56 Å². The number of hydrogen-bond acceptors (Lipinski definition) is 2. The molecule has 0 aliphatic rings. The number of oxime groups is 1. The van der Waals surface area contributed by atoms with E-state index in [0.29, 0.717) is 0 Å². The average molecular weight is 177 g/mol. The molecule has 0 bridgehead atoms. The number of hydrogen-bond donors (Lipinski definition) is 1. The molecule has 2 heteroatoms. The van der Waals surface area contributed by atoms with Gasteiger partial charge in [0.15, 0.2) is 0 Å². The second-order valence-electron chi connectivity index (χ2n) is 3.17. The Hall–Kier alpha value is -1.31. The van der Waals surface area contributed by atoms with Crippen molar-refractivity contribution in [1.82, 2.24) is 0 Å². The van der Waals surface area contributed by atoms with Gasteiger partial charge in [0.25, 0.3) is 0 Å². The van der Waals surface area contributed by atoms with Crippen molar-refractivity contribution in [2.24, 2.45) is 5.16 Å². The van der Waals surface area contributed by atoms with Gasteiger partial charge in [-0.05, 0) is 31.7 Å². The van der Waals surface area contributed by atoms with Crippen molar-refractivity contribution in [1.29, 1.82) is 0 Å². The lowest BCUT2D eigenvalue weighted by molar-refractivity contribution is 0.317. The molecular formula is C11H15NO. The van der Waals surface area contributed by atoms with Crippen molar-refractivity contribution < 1.29 is 5.21 Å². The van der Waals surface area contributed by atoms with E-state index in [-0.39, 0.29) is 0 Å². The van der Waals surface area contributed by atoms with Gasteiger partial charge in [-0.1, -0.05) is 35.5 Å². The molecule has 1 aromatic rings. The summed E-state index contributed by atoms with van der Waals surface area (Å²) in [6.45, 7) is 1.84. The van der Waals surface area contributed by atoms with Gasteiger partial charge in [-0.15, -0.1) is 0 Å². The van der Waals surface area contributed by atoms with Gasteiger partial charge in [0, 0.05) is 0 Å². The van der Waals surface area contributed by atoms with Crippen LogP contribution in [0.15, 0.2) is 35.5 Å². The van der Waals surface area contributed by atoms with E-state index < -0.39 is 0 Å². The van der Waals surface area contributed by atoms with Gasteiger partial charge in [-0.25, -0.2) is 0 Å². The Labute approximate surface area is 78.9 Å². The van der Waals surface area contributed by atoms with Crippen molar-refractivity contribution >= 4 is 5.71 Å². The Morgan fingerprint density at radius 3 is 2.62 bits per heavy atom. The summed E-state index contributed by atoms with van der Waals surface area (Å²) >= 11 is 0. The van der Waals surface area contributed by atoms with Crippen molar-refractivity contribution in [2.45, 2.75) is 26.2 Å². The zero-order chi connectivity index (χ0) is 9.52. The number of aryl methyl sites for hydroxylation is 1. The fourth-order valence-electron chi connectivity index (χ4n) is 1.24. The number of rotatable bonds is 4. The second-order valence-corrected chi connectivity index (χ2v) is 3.17. The highest BCUT2D eigenvalue weighted by atomic mass is 16.4. The zero-order valence-corrected chi connectivity index (χ0v) is 7.90. The fourth-order valence-corrected chi connectivity index (χ4v) is 1.24. The summed E-state index contributed by atoms with van der Waals surface area (Å²) in [7, 11) is 0. The Balaban J connectivity index is 2.28. The van der Waals surface area contributed by atoms with Crippen molar-refractivity contribution in [2.75, 3.05) is 0 Å². The van der Waals surface area contributed by atoms with Crippen molar-refractivity contribution in [3.63, 3.8) is 0 Å². The molecule has 0 aliphatic carbocycles. The summed E-state index contributed by atoms with van der Waals surface area (Å²) in [6.07, 6.45) is 2.96. The summed E-state index contributed by atoms with van der Waals surface area (Å²) in [6, 6.07) is 10.3. The molecule has 1 aromatic carbocycles. The Bertz CT molecular complexity index is 267. The largest absolute Gasteiger partial charge is 0.411 e. The van der Waals surface area contributed by atoms with Crippen LogP contribution < -0.4 is 0 Å². The molecule has 0 saturated heterocycles. The second kappa shape index (κ2) is 5.36. The van der Waals surface area contributed by atoms with Crippen LogP contribution in [-0.2, 0) is 6.42 Å². The van der Waals surface area contributed by atoms with E-state index in [1.54, 1.807) is 0 Å². The third kappa shape index (κ3) is 3.74. The van der Waals surface area contributed by atoms with Crippen molar-refractivity contribution in [3.05, 3.63) is 35.9 Å². The van der Waals surface area contributed by atoms with E-state index >= 15 is 0 Å². The lowest BCUT2D eigenvalue weighted by Crippen LogP contribution is -1.93. The molecule has 2 nitrogen and oxygen atoms in total. The highest BCUT2D eigenvalue weighted by Crippen LogP contribution is 2.04. The molecule has 0 spiro atoms. The first-order chi connectivity index (χ1) is 6.33. The lowest BCUT2D eigenvalue weighted by Gasteiger charge is -1.99. The van der Waals surface area contributed by atoms with Crippen LogP contribution in [0.5, 0.6) is 0 Å². The van der Waals surface area contributed by atoms with E-state index in [4.69, 9.17) is 5.21 Å². The normalized spacial score (nSPS) is 11.6. The highest BCUT2D eigenvalue weighted by molar-refractivity contribution is 5.81. The molecule has 0 unspecified atom stereocenters. The molecule has 0 aromatic heterocycles. The molecule has 0 atom stereocenters. The van der Waals surface area contributed by atoms with Crippen LogP contribution in [0.2, 0.25) is 0 Å². The Morgan fingerprint density at radius 1 is 1.31 bits per heavy atom. The van der Waals surface area contributed by atoms with Gasteiger partial charge in [0.05, 0.1) is 5.71 Å². The van der Waals surface area contributed by atoms with Gasteiger partial charge < -0.3 is 5.21 Å². The van der Waals surface area contributed by atoms with E-state index in [9.17, 15) is 0 Å². The third-order valence-electron chi connectivity index (χ3n) is 2.02. The third-order valence-corrected chi connectivity index (χ3v) is 2.02. The maximum absolute atomic E-state index is 8.42. The van der Waals surface area contributed by atoms with Gasteiger partial charge in [0.1, 0.15) is 0 Å². The minimum absolute atomic E-state index is 0.802. The van der Waals surface area contributed by atoms with Crippen LogP contribution in [0.3, 0.4) is 0 Å². The maximum Gasteiger partial charge on any atom is 0.0540 e. The monoisotopic (exact) mass is 177 g/mol. The molecule has 0 aliphatic heterocycles. The van der Waals surface area contributed by atoms with Crippen LogP contribution in [0.25, 0.3) is 0 Å². The molecule has 70 valence electrons. The first-order valence-corrected chi connectivity index (χ1v) is 4.54. The summed E-state index contributed by atoms with van der Waals surface area (Å²) < 4.78 is 0. The smallest absolute Gasteiger partial charge is 0.0540 e. The van der Waals surface area contributed by atoms with E-state index in [1.807, 2.05) is 25.1 Å². The molecule has 0 heterocycles. The maximum atomic E-state index is 8.42. The molecule has 13 heavy (non-hydrogen) atoms. The summed E-state index contributed by atoms with van der Waals surface area (Å²) in [4.78, 5) is 0. The molecule has 0 amide bonds. The molecule has 0 radical (unpaired) electrons. The predicted molar refractivity (Wildman–Crippen MR) is 54.3 cm³/mol. The lowest BCUT2D eigenvalue weighted by atomic mass is 10.1. The average Bonchev–Trinajstić information content (AvgIpc) is 2.19. The van der Waals surface area contributed by atoms with Crippen LogP contribution >= 0.6 is 0 Å². The van der Waals surface area contributed by atoms with Crippen LogP contribution in [0, 0.1) is 0 Å². The van der Waals surface area contributed by atoms with Gasteiger partial charge >= 0.3 is 0 Å². The minimum Gasteiger partial charge on any atom is -0.411 e. The first-order valence-electron chi connectivity index (χ1n) is 4.54. The van der Waals surface area contributed by atoms with Crippen molar-refractivity contribution in [3.8, 4) is 0 Å². The molecule has 1 N–H and O–H groups in total. The van der Waals surface area contributed by atoms with E-state index in [0.717, 1.165) is 25.0 Å². The first kappa shape index (κ1) is 9.78. The minimum atomic E-state index is 0.802. The highest BCUT2D eigenvalue weighted by Gasteiger charge is 1.94. The zero-order valence-electron chi connectivity index (χ0n) is 7.90. The van der Waals surface area contributed by atoms with Crippen LogP contribution in [0.4, 0.5) is 0 Å². The topological polar surface area (TPSA) is 32.6 Å². The number of benzene rings is 1. The summed E-state index contributed by atoms with van der Waals surface area (Å²) in [5.74, 6) is 0. The molecule has 1 rings (SSSR count). The SMILES string of the molecule is CC(CCCc1ccccc1)=NO. The fraction of sp³-hybridized carbons (Fsp3) is 0.364. The Morgan fingerprint density at radius 2 is 2.00 bits per heavy atom. The standard InChI is InChI=1S/C11H15NO/c1-10(12-13)6-5-9-11-7-3-2-4-8-11/h2-4,7-8,13H,5-6,9H2,1H3. The Kier molecular flexibility index (Phi) is 4.03. The van der Waals surface area contributed by atoms with Gasteiger partial charge in [-0.2, -0.15) is 0 Å². The molecular weight excluding hydrogens is 162 g/mol. The van der Waals surface area contributed by atoms with Gasteiger partial charge in [0.2, 0.25) is 0 Å². The predicted octanol–water partition coefficient (Wildman–Crippen LogP) is 2.86. The molecule has 0 fully saturated rings.